The topological polar surface area (TPSA) is 120 Å². The highest BCUT2D eigenvalue weighted by Gasteiger charge is 2.25. The fraction of sp³-hybridized carbons (Fsp3) is 0.261. The molecule has 9 heteroatoms. The molecule has 3 heterocycles. The van der Waals surface area contributed by atoms with Crippen molar-refractivity contribution in [3.63, 3.8) is 0 Å². The Kier molecular flexibility index (Phi) is 5.14. The molecule has 0 radical (unpaired) electrons. The first-order valence-electron chi connectivity index (χ1n) is 10.5. The van der Waals surface area contributed by atoms with Crippen molar-refractivity contribution in [3.05, 3.63) is 60.2 Å². The van der Waals surface area contributed by atoms with Gasteiger partial charge in [-0.05, 0) is 48.6 Å². The summed E-state index contributed by atoms with van der Waals surface area (Å²) in [6.45, 7) is 0.824. The van der Waals surface area contributed by atoms with E-state index in [9.17, 15) is 9.59 Å². The Morgan fingerprint density at radius 3 is 2.75 bits per heavy atom. The SMILES string of the molecule is O=C(Nc1cncc(C2CC2)n1)Nc1ccnc2ccc(C3=CCN(C(=O)O)CC3)cc12. The summed E-state index contributed by atoms with van der Waals surface area (Å²) in [5, 5.41) is 15.6. The predicted octanol–water partition coefficient (Wildman–Crippen LogP) is 4.31. The lowest BCUT2D eigenvalue weighted by molar-refractivity contribution is 0.150. The molecule has 0 unspecified atom stereocenters. The number of rotatable bonds is 4. The summed E-state index contributed by atoms with van der Waals surface area (Å²) in [4.78, 5) is 38.2. The van der Waals surface area contributed by atoms with E-state index in [4.69, 9.17) is 5.11 Å². The van der Waals surface area contributed by atoms with Crippen molar-refractivity contribution in [1.82, 2.24) is 19.9 Å². The molecule has 0 atom stereocenters. The van der Waals surface area contributed by atoms with Gasteiger partial charge in [0.25, 0.3) is 0 Å². The zero-order valence-corrected chi connectivity index (χ0v) is 17.3. The lowest BCUT2D eigenvalue weighted by Gasteiger charge is -2.24. The maximum absolute atomic E-state index is 12.6. The molecule has 1 aliphatic carbocycles. The number of carboxylic acid groups (broad SMARTS) is 1. The second-order valence-corrected chi connectivity index (χ2v) is 7.98. The third-order valence-corrected chi connectivity index (χ3v) is 5.73. The van der Waals surface area contributed by atoms with Gasteiger partial charge in [0.2, 0.25) is 0 Å². The summed E-state index contributed by atoms with van der Waals surface area (Å²) < 4.78 is 0. The van der Waals surface area contributed by atoms with Gasteiger partial charge in [-0.25, -0.2) is 14.6 Å². The van der Waals surface area contributed by atoms with Gasteiger partial charge in [0.1, 0.15) is 0 Å². The molecule has 5 rings (SSSR count). The van der Waals surface area contributed by atoms with E-state index >= 15 is 0 Å². The largest absolute Gasteiger partial charge is 0.465 e. The summed E-state index contributed by atoms with van der Waals surface area (Å²) in [6, 6.07) is 7.20. The number of anilines is 2. The van der Waals surface area contributed by atoms with E-state index in [1.165, 1.54) is 11.1 Å². The highest BCUT2D eigenvalue weighted by Crippen LogP contribution is 2.38. The Morgan fingerprint density at radius 1 is 1.12 bits per heavy atom. The third-order valence-electron chi connectivity index (χ3n) is 5.73. The van der Waals surface area contributed by atoms with Crippen molar-refractivity contribution in [2.75, 3.05) is 23.7 Å². The first kappa shape index (κ1) is 19.9. The molecule has 9 nitrogen and oxygen atoms in total. The van der Waals surface area contributed by atoms with Crippen LogP contribution in [-0.2, 0) is 0 Å². The van der Waals surface area contributed by atoms with Gasteiger partial charge in [0, 0.05) is 36.8 Å². The molecule has 2 aromatic heterocycles. The van der Waals surface area contributed by atoms with Crippen molar-refractivity contribution >= 4 is 40.1 Å². The first-order chi connectivity index (χ1) is 15.6. The van der Waals surface area contributed by atoms with Crippen LogP contribution in [0.25, 0.3) is 16.5 Å². The van der Waals surface area contributed by atoms with Crippen LogP contribution >= 0.6 is 0 Å². The summed E-state index contributed by atoms with van der Waals surface area (Å²) in [7, 11) is 0. The molecule has 0 spiro atoms. The zero-order valence-electron chi connectivity index (χ0n) is 17.3. The number of nitrogens with zero attached hydrogens (tertiary/aromatic N) is 4. The Bertz CT molecular complexity index is 1240. The number of hydrogen-bond acceptors (Lipinski definition) is 5. The van der Waals surface area contributed by atoms with Crippen LogP contribution in [0, 0.1) is 0 Å². The smallest absolute Gasteiger partial charge is 0.407 e. The van der Waals surface area contributed by atoms with E-state index in [1.54, 1.807) is 18.5 Å². The number of hydrogen-bond donors (Lipinski definition) is 3. The highest BCUT2D eigenvalue weighted by molar-refractivity contribution is 6.05. The average molecular weight is 430 g/mol. The monoisotopic (exact) mass is 430 g/mol. The van der Waals surface area contributed by atoms with Gasteiger partial charge in [-0.15, -0.1) is 0 Å². The maximum Gasteiger partial charge on any atom is 0.407 e. The van der Waals surface area contributed by atoms with E-state index in [0.29, 0.717) is 36.9 Å². The van der Waals surface area contributed by atoms with Crippen LogP contribution in [0.2, 0.25) is 0 Å². The van der Waals surface area contributed by atoms with Crippen LogP contribution in [0.15, 0.2) is 48.9 Å². The molecule has 2 aliphatic rings. The zero-order chi connectivity index (χ0) is 22.1. The fourth-order valence-electron chi connectivity index (χ4n) is 3.85. The van der Waals surface area contributed by atoms with Gasteiger partial charge in [-0.3, -0.25) is 15.3 Å². The molecule has 1 aliphatic heterocycles. The van der Waals surface area contributed by atoms with Gasteiger partial charge in [-0.1, -0.05) is 12.1 Å². The fourth-order valence-corrected chi connectivity index (χ4v) is 3.85. The lowest BCUT2D eigenvalue weighted by atomic mass is 9.97. The summed E-state index contributed by atoms with van der Waals surface area (Å²) in [6.07, 6.45) is 8.81. The van der Waals surface area contributed by atoms with Gasteiger partial charge in [0.15, 0.2) is 5.82 Å². The standard InChI is InChI=1S/C23H22N6O3/c30-22(28-21-13-24-12-20(26-21)15-1-2-15)27-19-5-8-25-18-4-3-16(11-17(18)19)14-6-9-29(10-7-14)23(31)32/h3-6,8,11-13,15H,1-2,7,9-10H2,(H,31,32)(H2,25,26,27,28,30). The second-order valence-electron chi connectivity index (χ2n) is 7.98. The minimum Gasteiger partial charge on any atom is -0.465 e. The van der Waals surface area contributed by atoms with E-state index in [0.717, 1.165) is 40.6 Å². The molecular formula is C23H22N6O3. The molecular weight excluding hydrogens is 408 g/mol. The number of amides is 3. The normalized spacial score (nSPS) is 15.9. The minimum atomic E-state index is -0.909. The Labute approximate surface area is 184 Å². The molecule has 3 aromatic rings. The Morgan fingerprint density at radius 2 is 2.00 bits per heavy atom. The Hall–Kier alpha value is -4.01. The van der Waals surface area contributed by atoms with Crippen molar-refractivity contribution in [3.8, 4) is 0 Å². The van der Waals surface area contributed by atoms with Crippen molar-refractivity contribution in [2.24, 2.45) is 0 Å². The van der Waals surface area contributed by atoms with E-state index in [1.807, 2.05) is 24.3 Å². The minimum absolute atomic E-state index is 0.365. The van der Waals surface area contributed by atoms with Crippen LogP contribution in [0.4, 0.5) is 21.1 Å². The van der Waals surface area contributed by atoms with Crippen molar-refractivity contribution < 1.29 is 14.7 Å². The molecule has 1 fully saturated rings. The number of pyridine rings is 1. The number of carbonyl (C=O) groups excluding carboxylic acids is 1. The summed E-state index contributed by atoms with van der Waals surface area (Å²) in [5.41, 5.74) is 4.36. The lowest BCUT2D eigenvalue weighted by Crippen LogP contribution is -2.33. The van der Waals surface area contributed by atoms with E-state index in [2.05, 4.69) is 25.6 Å². The average Bonchev–Trinajstić information content (AvgIpc) is 3.65. The molecule has 32 heavy (non-hydrogen) atoms. The molecule has 162 valence electrons. The van der Waals surface area contributed by atoms with Gasteiger partial charge in [-0.2, -0.15) is 0 Å². The van der Waals surface area contributed by atoms with Crippen molar-refractivity contribution in [2.45, 2.75) is 25.2 Å². The Balaban J connectivity index is 1.36. The van der Waals surface area contributed by atoms with Gasteiger partial charge in [0.05, 0.1) is 23.1 Å². The van der Waals surface area contributed by atoms with Crippen molar-refractivity contribution in [1.29, 1.82) is 0 Å². The summed E-state index contributed by atoms with van der Waals surface area (Å²) >= 11 is 0. The van der Waals surface area contributed by atoms with E-state index < -0.39 is 12.1 Å². The number of aromatic nitrogens is 3. The molecule has 3 amide bonds. The predicted molar refractivity (Wildman–Crippen MR) is 121 cm³/mol. The number of urea groups is 1. The highest BCUT2D eigenvalue weighted by atomic mass is 16.4. The molecule has 1 saturated carbocycles. The number of carbonyl (C=O) groups is 2. The van der Waals surface area contributed by atoms with Crippen LogP contribution in [0.5, 0.6) is 0 Å². The second kappa shape index (κ2) is 8.26. The molecule has 3 N–H and O–H groups in total. The van der Waals surface area contributed by atoms with Gasteiger partial charge < -0.3 is 15.3 Å². The molecule has 0 saturated heterocycles. The van der Waals surface area contributed by atoms with E-state index in [-0.39, 0.29) is 0 Å². The van der Waals surface area contributed by atoms with Gasteiger partial charge >= 0.3 is 12.1 Å². The molecule has 0 bridgehead atoms. The maximum atomic E-state index is 12.6. The van der Waals surface area contributed by atoms with Crippen LogP contribution in [0.3, 0.4) is 0 Å². The number of fused-ring (bicyclic) bond motifs is 1. The first-order valence-corrected chi connectivity index (χ1v) is 10.5. The van der Waals surface area contributed by atoms with Crippen LogP contribution in [-0.4, -0.2) is 50.2 Å². The molecule has 1 aromatic carbocycles. The quantitative estimate of drug-likeness (QED) is 0.567. The van der Waals surface area contributed by atoms with Crippen LogP contribution < -0.4 is 10.6 Å². The van der Waals surface area contributed by atoms with Crippen LogP contribution in [0.1, 0.15) is 36.4 Å². The number of nitrogens with one attached hydrogen (secondary N) is 2. The number of benzene rings is 1. The summed E-state index contributed by atoms with van der Waals surface area (Å²) in [5.74, 6) is 0.868. The third kappa shape index (κ3) is 4.22.